The molecule has 0 atom stereocenters. The van der Waals surface area contributed by atoms with Crippen molar-refractivity contribution in [2.24, 2.45) is 0 Å². The first-order valence-electron chi connectivity index (χ1n) is 6.61. The van der Waals surface area contributed by atoms with Crippen LogP contribution >= 0.6 is 0 Å². The molecule has 0 saturated carbocycles. The predicted octanol–water partition coefficient (Wildman–Crippen LogP) is 1.27. The van der Waals surface area contributed by atoms with Crippen molar-refractivity contribution in [2.75, 3.05) is 30.8 Å². The van der Waals surface area contributed by atoms with E-state index < -0.39 is 0 Å². The van der Waals surface area contributed by atoms with Crippen LogP contribution in [-0.2, 0) is 0 Å². The smallest absolute Gasteiger partial charge is 0.323 e. The molecule has 108 valence electrons. The molecule has 0 amide bonds. The van der Waals surface area contributed by atoms with Crippen LogP contribution in [0.15, 0.2) is 0 Å². The summed E-state index contributed by atoms with van der Waals surface area (Å²) in [5, 5.41) is 14.7. The van der Waals surface area contributed by atoms with E-state index in [9.17, 15) is 0 Å². The molecule has 7 heteroatoms. The van der Waals surface area contributed by atoms with Crippen LogP contribution in [0.5, 0.6) is 6.01 Å². The maximum absolute atomic E-state index is 8.69. The maximum atomic E-state index is 8.69. The van der Waals surface area contributed by atoms with Crippen LogP contribution in [-0.4, -0.2) is 46.4 Å². The normalized spacial score (nSPS) is 10.6. The first-order valence-corrected chi connectivity index (χ1v) is 6.61. The molecule has 0 spiro atoms. The standard InChI is InChI=1S/C12H23N5O2/c1-9(2)19-12-16-10(13-3)15-11(17-12)14-7-5-4-6-8-18/h9,18H,4-8H2,1-3H3,(H2,13,14,15,16,17). The summed E-state index contributed by atoms with van der Waals surface area (Å²) in [6.07, 6.45) is 2.77. The van der Waals surface area contributed by atoms with Gasteiger partial charge in [-0.15, -0.1) is 0 Å². The molecule has 0 saturated heterocycles. The molecule has 1 aromatic heterocycles. The third-order valence-corrected chi connectivity index (χ3v) is 2.30. The topological polar surface area (TPSA) is 92.2 Å². The first-order chi connectivity index (χ1) is 9.15. The maximum Gasteiger partial charge on any atom is 0.323 e. The van der Waals surface area contributed by atoms with Gasteiger partial charge in [0.2, 0.25) is 11.9 Å². The van der Waals surface area contributed by atoms with Gasteiger partial charge in [-0.2, -0.15) is 15.0 Å². The number of rotatable bonds is 9. The summed E-state index contributed by atoms with van der Waals surface area (Å²) >= 11 is 0. The van der Waals surface area contributed by atoms with Gasteiger partial charge in [-0.05, 0) is 33.1 Å². The van der Waals surface area contributed by atoms with E-state index in [1.165, 1.54) is 0 Å². The molecule has 0 unspecified atom stereocenters. The van der Waals surface area contributed by atoms with E-state index in [4.69, 9.17) is 9.84 Å². The van der Waals surface area contributed by atoms with Crippen molar-refractivity contribution in [1.29, 1.82) is 0 Å². The Kier molecular flexibility index (Phi) is 6.88. The fraction of sp³-hybridized carbons (Fsp3) is 0.750. The molecule has 0 aliphatic rings. The Balaban J connectivity index is 2.55. The lowest BCUT2D eigenvalue weighted by Gasteiger charge is -2.11. The van der Waals surface area contributed by atoms with E-state index in [1.54, 1.807) is 7.05 Å². The molecule has 0 bridgehead atoms. The fourth-order valence-corrected chi connectivity index (χ4v) is 1.42. The number of anilines is 2. The van der Waals surface area contributed by atoms with Gasteiger partial charge in [0.25, 0.3) is 0 Å². The van der Waals surface area contributed by atoms with Gasteiger partial charge in [0, 0.05) is 20.2 Å². The summed E-state index contributed by atoms with van der Waals surface area (Å²) in [6, 6.07) is 0.312. The average molecular weight is 269 g/mol. The van der Waals surface area contributed by atoms with Gasteiger partial charge in [-0.25, -0.2) is 0 Å². The lowest BCUT2D eigenvalue weighted by atomic mass is 10.2. The molecule has 1 heterocycles. The van der Waals surface area contributed by atoms with Crippen molar-refractivity contribution in [3.63, 3.8) is 0 Å². The third-order valence-electron chi connectivity index (χ3n) is 2.30. The monoisotopic (exact) mass is 269 g/mol. The first kappa shape index (κ1) is 15.4. The quantitative estimate of drug-likeness (QED) is 0.581. The predicted molar refractivity (Wildman–Crippen MR) is 74.6 cm³/mol. The van der Waals surface area contributed by atoms with Crippen LogP contribution in [0.4, 0.5) is 11.9 Å². The van der Waals surface area contributed by atoms with Crippen LogP contribution in [0.1, 0.15) is 33.1 Å². The molecule has 0 radical (unpaired) electrons. The van der Waals surface area contributed by atoms with E-state index in [2.05, 4.69) is 25.6 Å². The highest BCUT2D eigenvalue weighted by Gasteiger charge is 2.07. The Morgan fingerprint density at radius 2 is 1.84 bits per heavy atom. The second kappa shape index (κ2) is 8.47. The highest BCUT2D eigenvalue weighted by atomic mass is 16.5. The molecule has 7 nitrogen and oxygen atoms in total. The number of ether oxygens (including phenoxy) is 1. The van der Waals surface area contributed by atoms with Crippen LogP contribution < -0.4 is 15.4 Å². The van der Waals surface area contributed by atoms with Crippen LogP contribution in [0, 0.1) is 0 Å². The minimum absolute atomic E-state index is 0.0181. The second-order valence-electron chi connectivity index (χ2n) is 4.39. The number of aromatic nitrogens is 3. The summed E-state index contributed by atoms with van der Waals surface area (Å²) in [6.45, 7) is 4.84. The minimum atomic E-state index is 0.0181. The number of aliphatic hydroxyl groups is 1. The number of unbranched alkanes of at least 4 members (excludes halogenated alkanes) is 2. The molecule has 3 N–H and O–H groups in total. The highest BCUT2D eigenvalue weighted by Crippen LogP contribution is 2.12. The average Bonchev–Trinajstić information content (AvgIpc) is 2.37. The second-order valence-corrected chi connectivity index (χ2v) is 4.39. The summed E-state index contributed by atoms with van der Waals surface area (Å²) < 4.78 is 5.47. The van der Waals surface area contributed by atoms with Crippen LogP contribution in [0.2, 0.25) is 0 Å². The summed E-state index contributed by atoms with van der Waals surface area (Å²) in [4.78, 5) is 12.5. The van der Waals surface area contributed by atoms with Gasteiger partial charge >= 0.3 is 6.01 Å². The number of hydrogen-bond donors (Lipinski definition) is 3. The summed E-state index contributed by atoms with van der Waals surface area (Å²) in [5.74, 6) is 0.975. The van der Waals surface area contributed by atoms with Crippen molar-refractivity contribution >= 4 is 11.9 Å². The number of nitrogens with zero attached hydrogens (tertiary/aromatic N) is 3. The zero-order valence-electron chi connectivity index (χ0n) is 11.8. The van der Waals surface area contributed by atoms with Gasteiger partial charge < -0.3 is 20.5 Å². The van der Waals surface area contributed by atoms with Crippen molar-refractivity contribution in [1.82, 2.24) is 15.0 Å². The fourth-order valence-electron chi connectivity index (χ4n) is 1.42. The van der Waals surface area contributed by atoms with Gasteiger partial charge in [0.1, 0.15) is 0 Å². The van der Waals surface area contributed by atoms with Gasteiger partial charge in [-0.1, -0.05) is 0 Å². The Labute approximate surface area is 113 Å². The zero-order valence-corrected chi connectivity index (χ0v) is 11.8. The van der Waals surface area contributed by atoms with Crippen molar-refractivity contribution in [3.05, 3.63) is 0 Å². The molecule has 1 rings (SSSR count). The third kappa shape index (κ3) is 6.19. The molecule has 19 heavy (non-hydrogen) atoms. The van der Waals surface area contributed by atoms with Gasteiger partial charge in [0.05, 0.1) is 6.10 Å². The van der Waals surface area contributed by atoms with E-state index in [1.807, 2.05) is 13.8 Å². The van der Waals surface area contributed by atoms with Crippen molar-refractivity contribution in [3.8, 4) is 6.01 Å². The van der Waals surface area contributed by atoms with E-state index in [-0.39, 0.29) is 12.7 Å². The number of nitrogens with one attached hydrogen (secondary N) is 2. The highest BCUT2D eigenvalue weighted by molar-refractivity contribution is 5.35. The molecule has 1 aromatic rings. The van der Waals surface area contributed by atoms with Crippen molar-refractivity contribution in [2.45, 2.75) is 39.2 Å². The lowest BCUT2D eigenvalue weighted by molar-refractivity contribution is 0.222. The molecule has 0 fully saturated rings. The van der Waals surface area contributed by atoms with Crippen molar-refractivity contribution < 1.29 is 9.84 Å². The Morgan fingerprint density at radius 1 is 1.11 bits per heavy atom. The Hall–Kier alpha value is -1.63. The number of hydrogen-bond acceptors (Lipinski definition) is 7. The van der Waals surface area contributed by atoms with Gasteiger partial charge in [-0.3, -0.25) is 0 Å². The summed E-state index contributed by atoms with van der Waals surface area (Å²) in [7, 11) is 1.75. The molecule has 0 aliphatic heterocycles. The van der Waals surface area contributed by atoms with Gasteiger partial charge in [0.15, 0.2) is 0 Å². The SMILES string of the molecule is CNc1nc(NCCCCCO)nc(OC(C)C)n1. The van der Waals surface area contributed by atoms with E-state index in [0.29, 0.717) is 17.9 Å². The minimum Gasteiger partial charge on any atom is -0.461 e. The van der Waals surface area contributed by atoms with Crippen LogP contribution in [0.25, 0.3) is 0 Å². The van der Waals surface area contributed by atoms with Crippen LogP contribution in [0.3, 0.4) is 0 Å². The molecule has 0 aromatic carbocycles. The molecular weight excluding hydrogens is 246 g/mol. The zero-order chi connectivity index (χ0) is 14.1. The lowest BCUT2D eigenvalue weighted by Crippen LogP contribution is -2.13. The van der Waals surface area contributed by atoms with E-state index in [0.717, 1.165) is 25.8 Å². The Bertz CT molecular complexity index is 373. The van der Waals surface area contributed by atoms with E-state index >= 15 is 0 Å². The number of aliphatic hydroxyl groups excluding tert-OH is 1. The molecule has 0 aliphatic carbocycles. The Morgan fingerprint density at radius 3 is 2.47 bits per heavy atom. The largest absolute Gasteiger partial charge is 0.461 e. The summed E-state index contributed by atoms with van der Waals surface area (Å²) in [5.41, 5.74) is 0. The molecular formula is C12H23N5O2.